The third kappa shape index (κ3) is 1.77. The van der Waals surface area contributed by atoms with Crippen LogP contribution in [0.4, 0.5) is 0 Å². The Morgan fingerprint density at radius 3 is 2.80 bits per heavy atom. The zero-order chi connectivity index (χ0) is 10.7. The molecular formula is C12H19N3. The first-order chi connectivity index (χ1) is 7.32. The highest BCUT2D eigenvalue weighted by Crippen LogP contribution is 2.49. The van der Waals surface area contributed by atoms with E-state index in [1.165, 1.54) is 24.8 Å². The quantitative estimate of drug-likeness (QED) is 0.782. The summed E-state index contributed by atoms with van der Waals surface area (Å²) in [5.74, 6) is 0. The van der Waals surface area contributed by atoms with Gasteiger partial charge < -0.3 is 11.1 Å². The van der Waals surface area contributed by atoms with E-state index < -0.39 is 0 Å². The molecule has 3 nitrogen and oxygen atoms in total. The fourth-order valence-electron chi connectivity index (χ4n) is 2.61. The highest BCUT2D eigenvalue weighted by atomic mass is 14.9. The Balaban J connectivity index is 2.24. The Bertz CT molecular complexity index is 300. The van der Waals surface area contributed by atoms with Crippen LogP contribution in [-0.4, -0.2) is 18.6 Å². The largest absolute Gasteiger partial charge is 0.330 e. The van der Waals surface area contributed by atoms with Crippen LogP contribution in [0.3, 0.4) is 0 Å². The van der Waals surface area contributed by atoms with Gasteiger partial charge in [0.15, 0.2) is 0 Å². The third-order valence-electron chi connectivity index (χ3n) is 3.67. The van der Waals surface area contributed by atoms with Crippen LogP contribution in [0.5, 0.6) is 0 Å². The molecule has 1 unspecified atom stereocenters. The Morgan fingerprint density at radius 1 is 1.60 bits per heavy atom. The highest BCUT2D eigenvalue weighted by Gasteiger charge is 2.42. The van der Waals surface area contributed by atoms with Crippen LogP contribution in [0.15, 0.2) is 24.5 Å². The van der Waals surface area contributed by atoms with E-state index in [0.29, 0.717) is 6.04 Å². The van der Waals surface area contributed by atoms with E-state index in [4.69, 9.17) is 5.73 Å². The molecule has 3 N–H and O–H groups in total. The summed E-state index contributed by atoms with van der Waals surface area (Å²) >= 11 is 0. The number of aromatic nitrogens is 1. The van der Waals surface area contributed by atoms with Gasteiger partial charge in [0.1, 0.15) is 0 Å². The van der Waals surface area contributed by atoms with Crippen LogP contribution in [0, 0.1) is 5.41 Å². The minimum Gasteiger partial charge on any atom is -0.330 e. The van der Waals surface area contributed by atoms with Crippen molar-refractivity contribution in [3.8, 4) is 0 Å². The molecule has 1 aromatic heterocycles. The number of nitrogens with zero attached hydrogens (tertiary/aromatic N) is 1. The van der Waals surface area contributed by atoms with Crippen molar-refractivity contribution in [3.05, 3.63) is 30.1 Å². The van der Waals surface area contributed by atoms with E-state index in [-0.39, 0.29) is 5.41 Å². The van der Waals surface area contributed by atoms with Crippen molar-refractivity contribution < 1.29 is 0 Å². The summed E-state index contributed by atoms with van der Waals surface area (Å²) in [4.78, 5) is 4.18. The molecule has 2 rings (SSSR count). The number of hydrogen-bond acceptors (Lipinski definition) is 3. The van der Waals surface area contributed by atoms with Crippen LogP contribution < -0.4 is 11.1 Å². The van der Waals surface area contributed by atoms with E-state index in [0.717, 1.165) is 6.54 Å². The summed E-state index contributed by atoms with van der Waals surface area (Å²) in [6.07, 6.45) is 7.51. The van der Waals surface area contributed by atoms with Crippen LogP contribution in [0.25, 0.3) is 0 Å². The smallest absolute Gasteiger partial charge is 0.0402 e. The molecule has 0 radical (unpaired) electrons. The molecule has 82 valence electrons. The molecular weight excluding hydrogens is 186 g/mol. The molecule has 1 aliphatic rings. The molecule has 1 atom stereocenters. The Hall–Kier alpha value is -0.930. The number of pyridine rings is 1. The van der Waals surface area contributed by atoms with Gasteiger partial charge in [-0.3, -0.25) is 4.98 Å². The number of hydrogen-bond donors (Lipinski definition) is 2. The summed E-state index contributed by atoms with van der Waals surface area (Å²) in [7, 11) is 2.01. The van der Waals surface area contributed by atoms with Gasteiger partial charge in [0.05, 0.1) is 0 Å². The van der Waals surface area contributed by atoms with Crippen LogP contribution in [-0.2, 0) is 0 Å². The SMILES string of the molecule is CNC(c1cccnc1)C1(CN)CCC1. The topological polar surface area (TPSA) is 50.9 Å². The zero-order valence-corrected chi connectivity index (χ0v) is 9.24. The predicted molar refractivity (Wildman–Crippen MR) is 61.4 cm³/mol. The molecule has 1 fully saturated rings. The van der Waals surface area contributed by atoms with Gasteiger partial charge in [-0.1, -0.05) is 12.5 Å². The minimum absolute atomic E-state index is 0.262. The lowest BCUT2D eigenvalue weighted by Crippen LogP contribution is -2.47. The maximum atomic E-state index is 5.92. The maximum absolute atomic E-state index is 5.92. The second-order valence-electron chi connectivity index (χ2n) is 4.43. The summed E-state index contributed by atoms with van der Waals surface area (Å²) in [5.41, 5.74) is 7.44. The normalized spacial score (nSPS) is 20.7. The van der Waals surface area contributed by atoms with Gasteiger partial charge in [0.2, 0.25) is 0 Å². The number of nitrogens with two attached hydrogens (primary N) is 1. The molecule has 0 spiro atoms. The summed E-state index contributed by atoms with van der Waals surface area (Å²) in [5, 5.41) is 3.39. The molecule has 1 saturated carbocycles. The average Bonchev–Trinajstić information content (AvgIpc) is 2.24. The molecule has 0 aliphatic heterocycles. The monoisotopic (exact) mass is 205 g/mol. The average molecular weight is 205 g/mol. The fourth-order valence-corrected chi connectivity index (χ4v) is 2.61. The minimum atomic E-state index is 0.262. The first-order valence-corrected chi connectivity index (χ1v) is 5.60. The standard InChI is InChI=1S/C12H19N3/c1-14-11(10-4-2-7-15-8-10)12(9-13)5-3-6-12/h2,4,7-8,11,14H,3,5-6,9,13H2,1H3. The maximum Gasteiger partial charge on any atom is 0.0402 e. The first kappa shape index (κ1) is 10.6. The van der Waals surface area contributed by atoms with Crippen molar-refractivity contribution in [1.29, 1.82) is 0 Å². The van der Waals surface area contributed by atoms with Crippen molar-refractivity contribution in [2.75, 3.05) is 13.6 Å². The molecule has 0 bridgehead atoms. The second-order valence-corrected chi connectivity index (χ2v) is 4.43. The molecule has 3 heteroatoms. The van der Waals surface area contributed by atoms with E-state index in [1.807, 2.05) is 25.5 Å². The fraction of sp³-hybridized carbons (Fsp3) is 0.583. The van der Waals surface area contributed by atoms with Crippen molar-refractivity contribution in [3.63, 3.8) is 0 Å². The van der Waals surface area contributed by atoms with E-state index in [1.54, 1.807) is 0 Å². The molecule has 0 saturated heterocycles. The first-order valence-electron chi connectivity index (χ1n) is 5.60. The van der Waals surface area contributed by atoms with Crippen molar-refractivity contribution >= 4 is 0 Å². The van der Waals surface area contributed by atoms with Crippen LogP contribution in [0.2, 0.25) is 0 Å². The Morgan fingerprint density at radius 2 is 2.40 bits per heavy atom. The van der Waals surface area contributed by atoms with Gasteiger partial charge in [-0.05, 0) is 38.1 Å². The second kappa shape index (κ2) is 4.29. The van der Waals surface area contributed by atoms with Crippen molar-refractivity contribution in [2.45, 2.75) is 25.3 Å². The summed E-state index contributed by atoms with van der Waals surface area (Å²) in [6.45, 7) is 0.757. The Labute approximate surface area is 91.1 Å². The van der Waals surface area contributed by atoms with Gasteiger partial charge >= 0.3 is 0 Å². The molecule has 0 amide bonds. The van der Waals surface area contributed by atoms with Gasteiger partial charge in [-0.2, -0.15) is 0 Å². The Kier molecular flexibility index (Phi) is 3.03. The van der Waals surface area contributed by atoms with E-state index >= 15 is 0 Å². The zero-order valence-electron chi connectivity index (χ0n) is 9.24. The molecule has 1 aromatic rings. The molecule has 1 aliphatic carbocycles. The lowest BCUT2D eigenvalue weighted by Gasteiger charge is -2.47. The lowest BCUT2D eigenvalue weighted by atomic mass is 9.62. The van der Waals surface area contributed by atoms with Gasteiger partial charge in [-0.15, -0.1) is 0 Å². The summed E-state index contributed by atoms with van der Waals surface area (Å²) < 4.78 is 0. The number of nitrogens with one attached hydrogen (secondary N) is 1. The van der Waals surface area contributed by atoms with Crippen LogP contribution in [0.1, 0.15) is 30.9 Å². The van der Waals surface area contributed by atoms with Gasteiger partial charge in [-0.25, -0.2) is 0 Å². The molecule has 15 heavy (non-hydrogen) atoms. The predicted octanol–water partition coefficient (Wildman–Crippen LogP) is 1.47. The molecule has 0 aromatic carbocycles. The summed E-state index contributed by atoms with van der Waals surface area (Å²) in [6, 6.07) is 4.47. The van der Waals surface area contributed by atoms with Crippen molar-refractivity contribution in [1.82, 2.24) is 10.3 Å². The van der Waals surface area contributed by atoms with E-state index in [2.05, 4.69) is 16.4 Å². The number of rotatable bonds is 4. The van der Waals surface area contributed by atoms with Gasteiger partial charge in [0, 0.05) is 23.9 Å². The third-order valence-corrected chi connectivity index (χ3v) is 3.67. The van der Waals surface area contributed by atoms with Crippen molar-refractivity contribution in [2.24, 2.45) is 11.1 Å². The van der Waals surface area contributed by atoms with Crippen LogP contribution >= 0.6 is 0 Å². The van der Waals surface area contributed by atoms with E-state index in [9.17, 15) is 0 Å². The lowest BCUT2D eigenvalue weighted by molar-refractivity contribution is 0.0878. The highest BCUT2D eigenvalue weighted by molar-refractivity contribution is 5.19. The van der Waals surface area contributed by atoms with Gasteiger partial charge in [0.25, 0.3) is 0 Å². The molecule has 1 heterocycles.